The highest BCUT2D eigenvalue weighted by atomic mass is 35.5. The number of carboxylic acids is 1. The van der Waals surface area contributed by atoms with Crippen molar-refractivity contribution in [2.24, 2.45) is 5.92 Å². The monoisotopic (exact) mass is 344 g/mol. The van der Waals surface area contributed by atoms with Gasteiger partial charge in [-0.1, -0.05) is 35.9 Å². The molecule has 5 heteroatoms. The third-order valence-electron chi connectivity index (χ3n) is 3.83. The van der Waals surface area contributed by atoms with Crippen LogP contribution in [0, 0.1) is 19.8 Å². The molecule has 1 N–H and O–H groups in total. The number of nitrogens with one attached hydrogen (secondary N) is 1. The van der Waals surface area contributed by atoms with E-state index in [9.17, 15) is 14.7 Å². The van der Waals surface area contributed by atoms with Gasteiger partial charge in [0.05, 0.1) is 0 Å². The topological polar surface area (TPSA) is 69.2 Å². The number of benzene rings is 2. The van der Waals surface area contributed by atoms with Crippen LogP contribution in [-0.2, 0) is 16.0 Å². The average Bonchev–Trinajstić information content (AvgIpc) is 2.52. The molecule has 0 saturated heterocycles. The molecule has 24 heavy (non-hydrogen) atoms. The fourth-order valence-corrected chi connectivity index (χ4v) is 2.60. The Morgan fingerprint density at radius 2 is 1.79 bits per heavy atom. The summed E-state index contributed by atoms with van der Waals surface area (Å²) >= 11 is 5.85. The van der Waals surface area contributed by atoms with Crippen LogP contribution < -0.4 is 10.4 Å². The van der Waals surface area contributed by atoms with Gasteiger partial charge in [-0.15, -0.1) is 0 Å². The van der Waals surface area contributed by atoms with Crippen LogP contribution in [0.4, 0.5) is 5.69 Å². The number of aryl methyl sites for hydroxylation is 2. The van der Waals surface area contributed by atoms with E-state index in [2.05, 4.69) is 5.32 Å². The molecule has 2 aromatic carbocycles. The van der Waals surface area contributed by atoms with Crippen molar-refractivity contribution in [3.05, 3.63) is 64.2 Å². The maximum absolute atomic E-state index is 12.6. The van der Waals surface area contributed by atoms with E-state index in [1.807, 2.05) is 32.0 Å². The highest BCUT2D eigenvalue weighted by Crippen LogP contribution is 2.20. The summed E-state index contributed by atoms with van der Waals surface area (Å²) in [7, 11) is 0. The van der Waals surface area contributed by atoms with E-state index in [0.717, 1.165) is 16.7 Å². The van der Waals surface area contributed by atoms with E-state index >= 15 is 0 Å². The van der Waals surface area contributed by atoms with Crippen LogP contribution >= 0.6 is 11.6 Å². The second kappa shape index (κ2) is 7.97. The molecule has 0 spiro atoms. The fourth-order valence-electron chi connectivity index (χ4n) is 2.47. The van der Waals surface area contributed by atoms with E-state index in [0.29, 0.717) is 17.1 Å². The van der Waals surface area contributed by atoms with Crippen molar-refractivity contribution in [3.8, 4) is 0 Å². The summed E-state index contributed by atoms with van der Waals surface area (Å²) in [4.78, 5) is 23.6. The Morgan fingerprint density at radius 3 is 2.42 bits per heavy atom. The number of aliphatic carboxylic acids is 1. The SMILES string of the molecule is Cc1ccc(C)c(NC(=O)C(CC(=O)[O-])Cc2ccc(Cl)cc2)c1. The number of amides is 1. The number of rotatable bonds is 6. The molecule has 1 unspecified atom stereocenters. The van der Waals surface area contributed by atoms with Crippen molar-refractivity contribution >= 4 is 29.2 Å². The molecule has 0 bridgehead atoms. The standard InChI is InChI=1S/C19H20ClNO3/c1-12-3-4-13(2)17(9-12)21-19(24)15(11-18(22)23)10-14-5-7-16(20)8-6-14/h3-9,15H,10-11H2,1-2H3,(H,21,24)(H,22,23)/p-1. The first-order chi connectivity index (χ1) is 11.3. The zero-order valence-electron chi connectivity index (χ0n) is 13.6. The Balaban J connectivity index is 2.16. The van der Waals surface area contributed by atoms with Gasteiger partial charge in [0.15, 0.2) is 0 Å². The summed E-state index contributed by atoms with van der Waals surface area (Å²) in [5, 5.41) is 14.4. The van der Waals surface area contributed by atoms with Crippen LogP contribution in [0.25, 0.3) is 0 Å². The zero-order valence-corrected chi connectivity index (χ0v) is 14.4. The van der Waals surface area contributed by atoms with E-state index in [4.69, 9.17) is 11.6 Å². The predicted molar refractivity (Wildman–Crippen MR) is 92.8 cm³/mol. The van der Waals surface area contributed by atoms with Gasteiger partial charge in [-0.3, -0.25) is 4.79 Å². The smallest absolute Gasteiger partial charge is 0.228 e. The van der Waals surface area contributed by atoms with Gasteiger partial charge < -0.3 is 15.2 Å². The number of anilines is 1. The minimum absolute atomic E-state index is 0.307. The maximum Gasteiger partial charge on any atom is 0.228 e. The Kier molecular flexibility index (Phi) is 5.99. The van der Waals surface area contributed by atoms with E-state index in [1.54, 1.807) is 24.3 Å². The maximum atomic E-state index is 12.6. The molecule has 2 aromatic rings. The highest BCUT2D eigenvalue weighted by molar-refractivity contribution is 6.30. The first-order valence-corrected chi connectivity index (χ1v) is 8.05. The molecule has 0 aliphatic rings. The van der Waals surface area contributed by atoms with E-state index in [-0.39, 0.29) is 12.3 Å². The summed E-state index contributed by atoms with van der Waals surface area (Å²) in [5.74, 6) is -2.29. The Hall–Kier alpha value is -2.33. The number of carbonyl (C=O) groups is 2. The largest absolute Gasteiger partial charge is 0.550 e. The van der Waals surface area contributed by atoms with Crippen LogP contribution in [0.5, 0.6) is 0 Å². The number of halogens is 1. The number of carbonyl (C=O) groups excluding carboxylic acids is 2. The Bertz CT molecular complexity index is 741. The van der Waals surface area contributed by atoms with Crippen LogP contribution in [0.2, 0.25) is 5.02 Å². The average molecular weight is 345 g/mol. The van der Waals surface area contributed by atoms with Crippen molar-refractivity contribution in [3.63, 3.8) is 0 Å². The summed E-state index contributed by atoms with van der Waals surface area (Å²) in [6, 6.07) is 12.7. The van der Waals surface area contributed by atoms with Gasteiger partial charge in [-0.05, 0) is 61.6 Å². The van der Waals surface area contributed by atoms with Crippen LogP contribution in [0.1, 0.15) is 23.1 Å². The molecule has 0 heterocycles. The van der Waals surface area contributed by atoms with Gasteiger partial charge >= 0.3 is 0 Å². The second-order valence-electron chi connectivity index (χ2n) is 5.91. The lowest BCUT2D eigenvalue weighted by atomic mass is 9.95. The molecule has 0 aliphatic carbocycles. The normalized spacial score (nSPS) is 11.8. The lowest BCUT2D eigenvalue weighted by molar-refractivity contribution is -0.306. The van der Waals surface area contributed by atoms with Gasteiger partial charge in [-0.2, -0.15) is 0 Å². The minimum Gasteiger partial charge on any atom is -0.550 e. The molecular formula is C19H19ClNO3-. The van der Waals surface area contributed by atoms with Crippen LogP contribution in [0.15, 0.2) is 42.5 Å². The quantitative estimate of drug-likeness (QED) is 0.876. The summed E-state index contributed by atoms with van der Waals surface area (Å²) < 4.78 is 0. The lowest BCUT2D eigenvalue weighted by Gasteiger charge is -2.18. The van der Waals surface area contributed by atoms with Gasteiger partial charge in [-0.25, -0.2) is 0 Å². The van der Waals surface area contributed by atoms with Gasteiger partial charge in [0, 0.05) is 22.6 Å². The van der Waals surface area contributed by atoms with Crippen LogP contribution in [-0.4, -0.2) is 11.9 Å². The molecule has 126 valence electrons. The third kappa shape index (κ3) is 5.10. The third-order valence-corrected chi connectivity index (χ3v) is 4.08. The predicted octanol–water partition coefficient (Wildman–Crippen LogP) is 2.89. The van der Waals surface area contributed by atoms with Crippen LogP contribution in [0.3, 0.4) is 0 Å². The molecular weight excluding hydrogens is 326 g/mol. The number of hydrogen-bond donors (Lipinski definition) is 1. The first-order valence-electron chi connectivity index (χ1n) is 7.67. The molecule has 0 saturated carbocycles. The fraction of sp³-hybridized carbons (Fsp3) is 0.263. The van der Waals surface area contributed by atoms with Crippen molar-refractivity contribution < 1.29 is 14.7 Å². The summed E-state index contributed by atoms with van der Waals surface area (Å²) in [5.41, 5.74) is 3.49. The van der Waals surface area contributed by atoms with Gasteiger partial charge in [0.25, 0.3) is 0 Å². The molecule has 1 atom stereocenters. The summed E-state index contributed by atoms with van der Waals surface area (Å²) in [6.45, 7) is 3.82. The number of hydrogen-bond acceptors (Lipinski definition) is 3. The minimum atomic E-state index is -1.25. The van der Waals surface area contributed by atoms with Crippen molar-refractivity contribution in [2.75, 3.05) is 5.32 Å². The lowest BCUT2D eigenvalue weighted by Crippen LogP contribution is -2.32. The second-order valence-corrected chi connectivity index (χ2v) is 6.35. The van der Waals surface area contributed by atoms with Crippen molar-refractivity contribution in [2.45, 2.75) is 26.7 Å². The molecule has 0 aromatic heterocycles. The summed E-state index contributed by atoms with van der Waals surface area (Å²) in [6.07, 6.45) is -0.0266. The molecule has 0 aliphatic heterocycles. The van der Waals surface area contributed by atoms with Gasteiger partial charge in [0.1, 0.15) is 0 Å². The van der Waals surface area contributed by atoms with Crippen molar-refractivity contribution in [1.29, 1.82) is 0 Å². The molecule has 4 nitrogen and oxygen atoms in total. The zero-order chi connectivity index (χ0) is 17.7. The molecule has 0 fully saturated rings. The number of carboxylic acid groups (broad SMARTS) is 1. The Labute approximate surface area is 146 Å². The van der Waals surface area contributed by atoms with Crippen molar-refractivity contribution in [1.82, 2.24) is 0 Å². The van der Waals surface area contributed by atoms with E-state index < -0.39 is 11.9 Å². The van der Waals surface area contributed by atoms with Gasteiger partial charge in [0.2, 0.25) is 5.91 Å². The molecule has 2 rings (SSSR count). The van der Waals surface area contributed by atoms with E-state index in [1.165, 1.54) is 0 Å². The first kappa shape index (κ1) is 18.0. The Morgan fingerprint density at radius 1 is 1.12 bits per heavy atom. The molecule has 1 amide bonds. The highest BCUT2D eigenvalue weighted by Gasteiger charge is 2.20. The molecule has 0 radical (unpaired) electrons.